The van der Waals surface area contributed by atoms with E-state index in [0.717, 1.165) is 12.3 Å². The van der Waals surface area contributed by atoms with Crippen LogP contribution in [0.4, 0.5) is 0 Å². The van der Waals surface area contributed by atoms with Crippen molar-refractivity contribution in [3.8, 4) is 0 Å². The molecule has 0 aliphatic heterocycles. The summed E-state index contributed by atoms with van der Waals surface area (Å²) in [6.07, 6.45) is 11.1. The number of allylic oxidation sites excluding steroid dienone is 3. The number of hydrogen-bond acceptors (Lipinski definition) is 0. The van der Waals surface area contributed by atoms with Crippen LogP contribution < -0.4 is 0 Å². The molecule has 0 fully saturated rings. The third-order valence-electron chi connectivity index (χ3n) is 2.16. The van der Waals surface area contributed by atoms with Gasteiger partial charge in [-0.2, -0.15) is 0 Å². The fourth-order valence-corrected chi connectivity index (χ4v) is 1.31. The predicted octanol–water partition coefficient (Wildman–Crippen LogP) is 4.69. The molecule has 0 aliphatic carbocycles. The van der Waals surface area contributed by atoms with Crippen LogP contribution in [-0.2, 0) is 0 Å². The molecule has 0 nitrogen and oxygen atoms in total. The first-order chi connectivity index (χ1) is 7.29. The minimum atomic E-state index is 0.763. The molecule has 1 aromatic rings. The molecule has 1 aromatic carbocycles. The molecule has 0 bridgehead atoms. The second-order valence-corrected chi connectivity index (χ2v) is 4.15. The van der Waals surface area contributed by atoms with Gasteiger partial charge in [0.25, 0.3) is 0 Å². The Morgan fingerprint density at radius 3 is 2.40 bits per heavy atom. The molecule has 0 radical (unpaired) electrons. The molecular weight excluding hydrogens is 180 g/mol. The molecule has 0 saturated heterocycles. The molecule has 0 heterocycles. The van der Waals surface area contributed by atoms with Gasteiger partial charge in [-0.3, -0.25) is 0 Å². The highest BCUT2D eigenvalue weighted by Gasteiger charge is 1.86. The molecule has 0 unspecified atom stereocenters. The lowest BCUT2D eigenvalue weighted by atomic mass is 10.1. The minimum absolute atomic E-state index is 0.763. The van der Waals surface area contributed by atoms with Crippen molar-refractivity contribution in [2.24, 2.45) is 5.92 Å². The molecule has 0 aromatic heterocycles. The zero-order valence-electron chi connectivity index (χ0n) is 9.69. The summed E-state index contributed by atoms with van der Waals surface area (Å²) in [6, 6.07) is 10.4. The van der Waals surface area contributed by atoms with Gasteiger partial charge in [0.05, 0.1) is 0 Å². The summed E-state index contributed by atoms with van der Waals surface area (Å²) in [4.78, 5) is 0. The van der Waals surface area contributed by atoms with E-state index in [4.69, 9.17) is 0 Å². The van der Waals surface area contributed by atoms with Crippen LogP contribution in [0.2, 0.25) is 0 Å². The molecule has 80 valence electrons. The van der Waals surface area contributed by atoms with E-state index in [1.165, 1.54) is 12.0 Å². The second-order valence-electron chi connectivity index (χ2n) is 4.15. The minimum Gasteiger partial charge on any atom is -0.0880 e. The first-order valence-electron chi connectivity index (χ1n) is 5.65. The molecule has 0 spiro atoms. The maximum Gasteiger partial charge on any atom is -0.0166 e. The van der Waals surface area contributed by atoms with Crippen molar-refractivity contribution in [1.82, 2.24) is 0 Å². The quantitative estimate of drug-likeness (QED) is 0.605. The average molecular weight is 200 g/mol. The highest BCUT2D eigenvalue weighted by Crippen LogP contribution is 2.03. The average Bonchev–Trinajstić information content (AvgIpc) is 2.24. The molecule has 0 heteroatoms. The van der Waals surface area contributed by atoms with E-state index in [1.807, 2.05) is 6.07 Å². The second kappa shape index (κ2) is 7.05. The first kappa shape index (κ1) is 11.8. The third-order valence-corrected chi connectivity index (χ3v) is 2.16. The van der Waals surface area contributed by atoms with Crippen molar-refractivity contribution in [3.63, 3.8) is 0 Å². The van der Waals surface area contributed by atoms with Gasteiger partial charge in [-0.25, -0.2) is 0 Å². The van der Waals surface area contributed by atoms with E-state index in [2.05, 4.69) is 62.4 Å². The van der Waals surface area contributed by atoms with E-state index in [-0.39, 0.29) is 0 Å². The van der Waals surface area contributed by atoms with Gasteiger partial charge in [-0.15, -0.1) is 0 Å². The Labute approximate surface area is 93.3 Å². The zero-order chi connectivity index (χ0) is 10.9. The lowest BCUT2D eigenvalue weighted by Gasteiger charge is -1.95. The van der Waals surface area contributed by atoms with Crippen LogP contribution in [-0.4, -0.2) is 0 Å². The summed E-state index contributed by atoms with van der Waals surface area (Å²) >= 11 is 0. The van der Waals surface area contributed by atoms with Crippen molar-refractivity contribution >= 4 is 6.08 Å². The van der Waals surface area contributed by atoms with Gasteiger partial charge in [-0.1, -0.05) is 68.5 Å². The maximum atomic E-state index is 2.26. The smallest absolute Gasteiger partial charge is 0.0166 e. The van der Waals surface area contributed by atoms with Gasteiger partial charge >= 0.3 is 0 Å². The molecule has 15 heavy (non-hydrogen) atoms. The summed E-state index contributed by atoms with van der Waals surface area (Å²) < 4.78 is 0. The third kappa shape index (κ3) is 5.90. The zero-order valence-corrected chi connectivity index (χ0v) is 9.69. The van der Waals surface area contributed by atoms with Gasteiger partial charge in [0.15, 0.2) is 0 Å². The lowest BCUT2D eigenvalue weighted by Crippen LogP contribution is -1.80. The highest BCUT2D eigenvalue weighted by molar-refractivity contribution is 5.48. The standard InChI is InChI=1S/C15H20/c1-14(2)10-6-3-4-7-11-15-12-8-5-9-13-15/h3,5-9,11-14H,4,10H2,1-2H3/b6-3+,11-7+. The van der Waals surface area contributed by atoms with Gasteiger partial charge in [0.2, 0.25) is 0 Å². The van der Waals surface area contributed by atoms with E-state index in [9.17, 15) is 0 Å². The first-order valence-corrected chi connectivity index (χ1v) is 5.65. The fourth-order valence-electron chi connectivity index (χ4n) is 1.31. The van der Waals surface area contributed by atoms with Crippen LogP contribution >= 0.6 is 0 Å². The Kier molecular flexibility index (Phi) is 5.54. The van der Waals surface area contributed by atoms with Gasteiger partial charge in [0.1, 0.15) is 0 Å². The van der Waals surface area contributed by atoms with Gasteiger partial charge in [-0.05, 0) is 24.3 Å². The maximum absolute atomic E-state index is 2.26. The van der Waals surface area contributed by atoms with Crippen LogP contribution in [0.3, 0.4) is 0 Å². The largest absolute Gasteiger partial charge is 0.0880 e. The Morgan fingerprint density at radius 2 is 1.73 bits per heavy atom. The summed E-state index contributed by atoms with van der Waals surface area (Å²) in [5.74, 6) is 0.763. The van der Waals surface area contributed by atoms with Crippen molar-refractivity contribution in [2.75, 3.05) is 0 Å². The van der Waals surface area contributed by atoms with Crippen molar-refractivity contribution in [2.45, 2.75) is 26.7 Å². The van der Waals surface area contributed by atoms with Crippen LogP contribution in [0.25, 0.3) is 6.08 Å². The van der Waals surface area contributed by atoms with E-state index < -0.39 is 0 Å². The van der Waals surface area contributed by atoms with Crippen molar-refractivity contribution in [1.29, 1.82) is 0 Å². The SMILES string of the molecule is CC(C)C/C=C/C/C=C/c1ccccc1. The topological polar surface area (TPSA) is 0 Å². The molecule has 0 saturated carbocycles. The Bertz CT molecular complexity index is 304. The normalized spacial score (nSPS) is 11.9. The Hall–Kier alpha value is -1.30. The van der Waals surface area contributed by atoms with E-state index in [0.29, 0.717) is 0 Å². The van der Waals surface area contributed by atoms with Crippen molar-refractivity contribution in [3.05, 3.63) is 54.1 Å². The number of rotatable bonds is 5. The highest BCUT2D eigenvalue weighted by atomic mass is 13.9. The van der Waals surface area contributed by atoms with Crippen molar-refractivity contribution < 1.29 is 0 Å². The monoisotopic (exact) mass is 200 g/mol. The fraction of sp³-hybridized carbons (Fsp3) is 0.333. The van der Waals surface area contributed by atoms with Crippen LogP contribution in [0.15, 0.2) is 48.6 Å². The molecular formula is C15H20. The van der Waals surface area contributed by atoms with Gasteiger partial charge < -0.3 is 0 Å². The molecule has 0 aliphatic rings. The summed E-state index contributed by atoms with van der Waals surface area (Å²) in [5, 5.41) is 0. The summed E-state index contributed by atoms with van der Waals surface area (Å²) in [5.41, 5.74) is 1.27. The number of hydrogen-bond donors (Lipinski definition) is 0. The van der Waals surface area contributed by atoms with Crippen LogP contribution in [0.1, 0.15) is 32.3 Å². The predicted molar refractivity (Wildman–Crippen MR) is 68.7 cm³/mol. The molecule has 0 amide bonds. The summed E-state index contributed by atoms with van der Waals surface area (Å²) in [7, 11) is 0. The summed E-state index contributed by atoms with van der Waals surface area (Å²) in [6.45, 7) is 4.48. The van der Waals surface area contributed by atoms with Crippen LogP contribution in [0.5, 0.6) is 0 Å². The Balaban J connectivity index is 2.26. The van der Waals surface area contributed by atoms with E-state index in [1.54, 1.807) is 0 Å². The van der Waals surface area contributed by atoms with Gasteiger partial charge in [0, 0.05) is 0 Å². The lowest BCUT2D eigenvalue weighted by molar-refractivity contribution is 0.663. The molecule has 0 N–H and O–H groups in total. The Morgan fingerprint density at radius 1 is 1.00 bits per heavy atom. The molecule has 0 atom stereocenters. The molecule has 1 rings (SSSR count). The van der Waals surface area contributed by atoms with E-state index >= 15 is 0 Å². The van der Waals surface area contributed by atoms with Crippen LogP contribution in [0, 0.1) is 5.92 Å². The number of benzene rings is 1.